The average Bonchev–Trinajstić information content (AvgIpc) is 3.14. The molecule has 118 valence electrons. The Bertz CT molecular complexity index is 414. The minimum Gasteiger partial charge on any atom is 0 e. The Morgan fingerprint density at radius 2 is 1.23 bits per heavy atom. The topological polar surface area (TPSA) is 96.6 Å². The van der Waals surface area contributed by atoms with Crippen LogP contribution in [-0.2, 0) is 40.8 Å². The van der Waals surface area contributed by atoms with E-state index in [4.69, 9.17) is 32.9 Å². The number of rotatable bonds is 3. The first kappa shape index (κ1) is 25.4. The molecule has 0 unspecified atom stereocenters. The number of hydrogen-bond acceptors (Lipinski definition) is 4. The van der Waals surface area contributed by atoms with Gasteiger partial charge in [0.2, 0.25) is 0 Å². The number of ether oxygens (including phenoxy) is 4. The van der Waals surface area contributed by atoms with Gasteiger partial charge in [-0.1, -0.05) is 0 Å². The van der Waals surface area contributed by atoms with Crippen molar-refractivity contribution in [2.45, 2.75) is 6.29 Å². The predicted octanol–water partition coefficient (Wildman–Crippen LogP) is 1.63. The van der Waals surface area contributed by atoms with Crippen molar-refractivity contribution in [1.82, 2.24) is 0 Å². The van der Waals surface area contributed by atoms with E-state index < -0.39 is 0 Å². The van der Waals surface area contributed by atoms with E-state index in [-0.39, 0.29) is 23.7 Å². The van der Waals surface area contributed by atoms with Gasteiger partial charge in [0.15, 0.2) is 6.29 Å². The van der Waals surface area contributed by atoms with Gasteiger partial charge < -0.3 is 18.9 Å². The van der Waals surface area contributed by atoms with Crippen LogP contribution in [0.1, 0.15) is 11.9 Å². The third-order valence-electron chi connectivity index (χ3n) is 2.27. The molecule has 0 radical (unpaired) electrons. The van der Waals surface area contributed by atoms with Gasteiger partial charge in [0, 0.05) is 29.0 Å². The maximum atomic E-state index is 7.50. The quantitative estimate of drug-likeness (QED) is 0.614. The molecule has 1 aliphatic heterocycles. The minimum absolute atomic E-state index is 0. The van der Waals surface area contributed by atoms with Crippen molar-refractivity contribution >= 4 is 0 Å². The predicted molar refractivity (Wildman–Crippen MR) is 66.0 cm³/mol. The van der Waals surface area contributed by atoms with E-state index in [1.54, 1.807) is 14.2 Å². The first-order valence-electron chi connectivity index (χ1n) is 5.41. The molecule has 2 rings (SSSR count). The van der Waals surface area contributed by atoms with Gasteiger partial charge >= 0.3 is 33.9 Å². The Morgan fingerprint density at radius 3 is 1.55 bits per heavy atom. The molecule has 1 aromatic rings. The zero-order chi connectivity index (χ0) is 16.7. The standard InChI is InChI=1S/C11H14O4.3CO.Cr/c1-12-9-5-8(6-10(7-9)13-2)11-14-3-4-15-11;3*1-2;/h5-7,11H,3-4H2,1-2H3;;;;. The van der Waals surface area contributed by atoms with Crippen LogP contribution in [0.3, 0.4) is 0 Å². The fraction of sp³-hybridized carbons (Fsp3) is 0.357. The molecule has 22 heavy (non-hydrogen) atoms. The monoisotopic (exact) mass is 346 g/mol. The molecule has 0 N–H and O–H groups in total. The van der Waals surface area contributed by atoms with Crippen LogP contribution in [0.25, 0.3) is 0 Å². The summed E-state index contributed by atoms with van der Waals surface area (Å²) in [5, 5.41) is 0. The zero-order valence-corrected chi connectivity index (χ0v) is 13.3. The molecule has 0 aromatic heterocycles. The summed E-state index contributed by atoms with van der Waals surface area (Å²) in [6.07, 6.45) is -0.297. The molecule has 8 heteroatoms. The Balaban J connectivity index is -0.000000463. The van der Waals surface area contributed by atoms with Crippen LogP contribution in [0, 0.1) is 20.0 Å². The van der Waals surface area contributed by atoms with Gasteiger partial charge in [0.25, 0.3) is 0 Å². The van der Waals surface area contributed by atoms with E-state index in [0.29, 0.717) is 13.2 Å². The largest absolute Gasteiger partial charge is 0 e. The first-order chi connectivity index (χ1) is 10.3. The molecule has 1 saturated heterocycles. The SMILES string of the molecule is COc1cc(OC)cc(C2OCCO2)c1.[C-]#[O+].[C-]#[O+].[C-]#[O+].[Cr]. The number of methoxy groups -OCH3 is 2. The van der Waals surface area contributed by atoms with E-state index in [0.717, 1.165) is 17.1 Å². The van der Waals surface area contributed by atoms with Gasteiger partial charge in [-0.25, -0.2) is 0 Å². The Hall–Kier alpha value is -1.51. The van der Waals surface area contributed by atoms with E-state index >= 15 is 0 Å². The average molecular weight is 346 g/mol. The molecule has 0 amide bonds. The zero-order valence-electron chi connectivity index (χ0n) is 12.0. The van der Waals surface area contributed by atoms with E-state index in [1.165, 1.54) is 0 Å². The normalized spacial score (nSPS) is 11.6. The summed E-state index contributed by atoms with van der Waals surface area (Å²) in [5.41, 5.74) is 0.920. The van der Waals surface area contributed by atoms with Gasteiger partial charge in [-0.15, -0.1) is 0 Å². The number of benzene rings is 1. The second kappa shape index (κ2) is 17.5. The van der Waals surface area contributed by atoms with Crippen LogP contribution in [0.5, 0.6) is 11.5 Å². The summed E-state index contributed by atoms with van der Waals surface area (Å²) in [5.74, 6) is 1.48. The van der Waals surface area contributed by atoms with Gasteiger partial charge in [-0.3, -0.25) is 0 Å². The van der Waals surface area contributed by atoms with Crippen molar-refractivity contribution in [2.24, 2.45) is 0 Å². The van der Waals surface area contributed by atoms with Crippen LogP contribution >= 0.6 is 0 Å². The third-order valence-corrected chi connectivity index (χ3v) is 2.27. The van der Waals surface area contributed by atoms with E-state index in [9.17, 15) is 0 Å². The van der Waals surface area contributed by atoms with Crippen molar-refractivity contribution < 1.29 is 50.3 Å². The molecule has 1 aromatic carbocycles. The summed E-state index contributed by atoms with van der Waals surface area (Å²) < 4.78 is 43.6. The fourth-order valence-electron chi connectivity index (χ4n) is 1.52. The molecule has 1 heterocycles. The first-order valence-corrected chi connectivity index (χ1v) is 5.41. The smallest absolute Gasteiger partial charge is 0 e. The second-order valence-electron chi connectivity index (χ2n) is 3.22. The second-order valence-corrected chi connectivity index (χ2v) is 3.22. The van der Waals surface area contributed by atoms with Gasteiger partial charge in [0.1, 0.15) is 11.5 Å². The molecule has 0 saturated carbocycles. The summed E-state index contributed by atoms with van der Waals surface area (Å²) in [6, 6.07) is 5.59. The molecule has 0 atom stereocenters. The van der Waals surface area contributed by atoms with Crippen LogP contribution < -0.4 is 9.47 Å². The van der Waals surface area contributed by atoms with E-state index in [2.05, 4.69) is 20.0 Å². The molecule has 1 fully saturated rings. The summed E-state index contributed by atoms with van der Waals surface area (Å²) in [4.78, 5) is 0. The Kier molecular flexibility index (Phi) is 20.3. The molecule has 0 aliphatic carbocycles. The van der Waals surface area contributed by atoms with Gasteiger partial charge in [-0.05, 0) is 12.1 Å². The third kappa shape index (κ3) is 8.71. The molecule has 0 bridgehead atoms. The van der Waals surface area contributed by atoms with Crippen molar-refractivity contribution in [3.05, 3.63) is 43.7 Å². The molecule has 7 nitrogen and oxygen atoms in total. The molecular formula is C14H14CrO7. The van der Waals surface area contributed by atoms with Crippen LogP contribution in [-0.4, -0.2) is 27.4 Å². The van der Waals surface area contributed by atoms with Crippen molar-refractivity contribution in [3.8, 4) is 11.5 Å². The maximum Gasteiger partial charge on any atom is 0 e. The van der Waals surface area contributed by atoms with Gasteiger partial charge in [0.05, 0.1) is 27.4 Å². The van der Waals surface area contributed by atoms with E-state index in [1.807, 2.05) is 18.2 Å². The Morgan fingerprint density at radius 1 is 0.864 bits per heavy atom. The van der Waals surface area contributed by atoms with Crippen molar-refractivity contribution in [2.75, 3.05) is 27.4 Å². The van der Waals surface area contributed by atoms with Crippen molar-refractivity contribution in [1.29, 1.82) is 0 Å². The maximum absolute atomic E-state index is 7.50. The fourth-order valence-corrected chi connectivity index (χ4v) is 1.52. The summed E-state index contributed by atoms with van der Waals surface area (Å²) in [7, 11) is 3.24. The van der Waals surface area contributed by atoms with Gasteiger partial charge in [-0.2, -0.15) is 0 Å². The van der Waals surface area contributed by atoms with Crippen molar-refractivity contribution in [3.63, 3.8) is 0 Å². The van der Waals surface area contributed by atoms with Crippen LogP contribution in [0.2, 0.25) is 0 Å². The summed E-state index contributed by atoms with van der Waals surface area (Å²) in [6.45, 7) is 14.8. The Labute approximate surface area is 139 Å². The summed E-state index contributed by atoms with van der Waals surface area (Å²) >= 11 is 0. The molecular weight excluding hydrogens is 332 g/mol. The van der Waals surface area contributed by atoms with Crippen LogP contribution in [0.15, 0.2) is 18.2 Å². The minimum atomic E-state index is -0.297. The van der Waals surface area contributed by atoms with Crippen LogP contribution in [0.4, 0.5) is 0 Å². The molecule has 1 aliphatic rings. The number of hydrogen-bond donors (Lipinski definition) is 0. The molecule has 0 spiro atoms.